The number of rotatable bonds is 8. The van der Waals surface area contributed by atoms with Crippen LogP contribution in [0.1, 0.15) is 20.8 Å². The molecule has 0 bridgehead atoms. The molecule has 3 rings (SSSR count). The molecule has 1 heterocycles. The number of benzene rings is 2. The van der Waals surface area contributed by atoms with Gasteiger partial charge in [0.05, 0.1) is 5.75 Å². The Labute approximate surface area is 186 Å². The molecule has 158 valence electrons. The van der Waals surface area contributed by atoms with Gasteiger partial charge >= 0.3 is 0 Å². The standard InChI is InChI=1S/C22H26ClN5OS/c1-5-28(15(2)3)19-12-10-18(11-13-19)24-20(29)14-30-22-26-25-21(27(22)4)16-6-8-17(23)9-7-16/h6-13,15H,5,14H2,1-4H3,(H,24,29). The van der Waals surface area contributed by atoms with Crippen molar-refractivity contribution in [3.63, 3.8) is 0 Å². The highest BCUT2D eigenvalue weighted by Crippen LogP contribution is 2.24. The molecule has 0 aliphatic rings. The number of hydrogen-bond acceptors (Lipinski definition) is 5. The van der Waals surface area contributed by atoms with Gasteiger partial charge in [0.25, 0.3) is 0 Å². The molecule has 1 aromatic heterocycles. The fourth-order valence-corrected chi connectivity index (χ4v) is 4.04. The number of carbonyl (C=O) groups excluding carboxylic acids is 1. The van der Waals surface area contributed by atoms with Gasteiger partial charge in [-0.05, 0) is 69.3 Å². The van der Waals surface area contributed by atoms with Crippen molar-refractivity contribution in [3.8, 4) is 11.4 Å². The molecule has 0 fully saturated rings. The molecule has 1 amide bonds. The highest BCUT2D eigenvalue weighted by atomic mass is 35.5. The van der Waals surface area contributed by atoms with E-state index in [-0.39, 0.29) is 11.7 Å². The number of aromatic nitrogens is 3. The van der Waals surface area contributed by atoms with E-state index in [0.717, 1.165) is 29.3 Å². The quantitative estimate of drug-likeness (QED) is 0.490. The third-order valence-corrected chi connectivity index (χ3v) is 5.99. The number of hydrogen-bond donors (Lipinski definition) is 1. The Kier molecular flexibility index (Phi) is 7.39. The number of nitrogens with one attached hydrogen (secondary N) is 1. The number of halogens is 1. The number of thioether (sulfide) groups is 1. The summed E-state index contributed by atoms with van der Waals surface area (Å²) in [4.78, 5) is 14.7. The monoisotopic (exact) mass is 443 g/mol. The van der Waals surface area contributed by atoms with Gasteiger partial charge in [-0.15, -0.1) is 10.2 Å². The molecule has 8 heteroatoms. The Morgan fingerprint density at radius 3 is 2.40 bits per heavy atom. The van der Waals surface area contributed by atoms with E-state index >= 15 is 0 Å². The summed E-state index contributed by atoms with van der Waals surface area (Å²) in [6.45, 7) is 7.41. The summed E-state index contributed by atoms with van der Waals surface area (Å²) in [5.41, 5.74) is 2.85. The first kappa shape index (κ1) is 22.2. The lowest BCUT2D eigenvalue weighted by Gasteiger charge is -2.27. The van der Waals surface area contributed by atoms with Crippen LogP contribution < -0.4 is 10.2 Å². The summed E-state index contributed by atoms with van der Waals surface area (Å²) in [5.74, 6) is 0.900. The molecular formula is C22H26ClN5OS. The van der Waals surface area contributed by atoms with Crippen molar-refractivity contribution in [2.24, 2.45) is 7.05 Å². The number of amides is 1. The van der Waals surface area contributed by atoms with Gasteiger partial charge in [-0.2, -0.15) is 0 Å². The van der Waals surface area contributed by atoms with Gasteiger partial charge in [-0.3, -0.25) is 4.79 Å². The highest BCUT2D eigenvalue weighted by molar-refractivity contribution is 7.99. The molecule has 30 heavy (non-hydrogen) atoms. The van der Waals surface area contributed by atoms with Crippen LogP contribution in [0.5, 0.6) is 0 Å². The van der Waals surface area contributed by atoms with Crippen molar-refractivity contribution < 1.29 is 4.79 Å². The molecule has 0 saturated heterocycles. The summed E-state index contributed by atoms with van der Waals surface area (Å²) in [6, 6.07) is 15.8. The van der Waals surface area contributed by atoms with E-state index in [4.69, 9.17) is 11.6 Å². The predicted molar refractivity (Wildman–Crippen MR) is 125 cm³/mol. The fraction of sp³-hybridized carbons (Fsp3) is 0.318. The van der Waals surface area contributed by atoms with E-state index in [0.29, 0.717) is 16.2 Å². The molecular weight excluding hydrogens is 418 g/mol. The Hall–Kier alpha value is -2.51. The van der Waals surface area contributed by atoms with Crippen molar-refractivity contribution in [2.75, 3.05) is 22.5 Å². The molecule has 0 atom stereocenters. The SMILES string of the molecule is CCN(c1ccc(NC(=O)CSc2nnc(-c3ccc(Cl)cc3)n2C)cc1)C(C)C. The van der Waals surface area contributed by atoms with Crippen LogP contribution in [-0.4, -0.2) is 39.0 Å². The van der Waals surface area contributed by atoms with Crippen LogP contribution in [0.2, 0.25) is 5.02 Å². The van der Waals surface area contributed by atoms with Gasteiger partial charge < -0.3 is 14.8 Å². The molecule has 1 N–H and O–H groups in total. The van der Waals surface area contributed by atoms with E-state index in [1.807, 2.05) is 60.1 Å². The van der Waals surface area contributed by atoms with E-state index in [1.54, 1.807) is 0 Å². The zero-order valence-corrected chi connectivity index (χ0v) is 19.2. The van der Waals surface area contributed by atoms with Gasteiger partial charge in [-0.1, -0.05) is 23.4 Å². The molecule has 0 aliphatic heterocycles. The molecule has 0 unspecified atom stereocenters. The summed E-state index contributed by atoms with van der Waals surface area (Å²) in [5, 5.41) is 12.7. The van der Waals surface area contributed by atoms with Gasteiger partial charge in [0.15, 0.2) is 11.0 Å². The third kappa shape index (κ3) is 5.34. The average molecular weight is 444 g/mol. The van der Waals surface area contributed by atoms with Crippen LogP contribution >= 0.6 is 23.4 Å². The van der Waals surface area contributed by atoms with Gasteiger partial charge in [0.2, 0.25) is 5.91 Å². The van der Waals surface area contributed by atoms with Crippen molar-refractivity contribution >= 4 is 40.6 Å². The molecule has 0 aliphatic carbocycles. The van der Waals surface area contributed by atoms with Crippen molar-refractivity contribution in [1.82, 2.24) is 14.8 Å². The Bertz CT molecular complexity index is 986. The summed E-state index contributed by atoms with van der Waals surface area (Å²) in [7, 11) is 1.89. The summed E-state index contributed by atoms with van der Waals surface area (Å²) >= 11 is 7.30. The minimum absolute atomic E-state index is 0.0833. The maximum atomic E-state index is 12.4. The minimum Gasteiger partial charge on any atom is -0.369 e. The molecule has 0 saturated carbocycles. The smallest absolute Gasteiger partial charge is 0.234 e. The average Bonchev–Trinajstić information content (AvgIpc) is 3.09. The normalized spacial score (nSPS) is 11.0. The lowest BCUT2D eigenvalue weighted by molar-refractivity contribution is -0.113. The van der Waals surface area contributed by atoms with Crippen LogP contribution in [0.3, 0.4) is 0 Å². The second kappa shape index (κ2) is 10.00. The second-order valence-corrected chi connectivity index (χ2v) is 8.51. The lowest BCUT2D eigenvalue weighted by Crippen LogP contribution is -2.30. The van der Waals surface area contributed by atoms with Crippen molar-refractivity contribution in [2.45, 2.75) is 32.0 Å². The Morgan fingerprint density at radius 1 is 1.13 bits per heavy atom. The minimum atomic E-state index is -0.0833. The third-order valence-electron chi connectivity index (χ3n) is 4.72. The van der Waals surface area contributed by atoms with Crippen molar-refractivity contribution in [3.05, 3.63) is 53.6 Å². The number of nitrogens with zero attached hydrogens (tertiary/aromatic N) is 4. The van der Waals surface area contributed by atoms with E-state index in [1.165, 1.54) is 11.8 Å². The Morgan fingerprint density at radius 2 is 1.80 bits per heavy atom. The second-order valence-electron chi connectivity index (χ2n) is 7.14. The number of anilines is 2. The van der Waals surface area contributed by atoms with Crippen LogP contribution in [0.25, 0.3) is 11.4 Å². The van der Waals surface area contributed by atoms with E-state index in [2.05, 4.69) is 41.2 Å². The van der Waals surface area contributed by atoms with Crippen molar-refractivity contribution in [1.29, 1.82) is 0 Å². The zero-order valence-electron chi connectivity index (χ0n) is 17.6. The van der Waals surface area contributed by atoms with Gasteiger partial charge in [0.1, 0.15) is 0 Å². The van der Waals surface area contributed by atoms with Gasteiger partial charge in [-0.25, -0.2) is 0 Å². The molecule has 3 aromatic rings. The molecule has 2 aromatic carbocycles. The molecule has 0 spiro atoms. The first-order chi connectivity index (χ1) is 14.4. The van der Waals surface area contributed by atoms with Crippen LogP contribution in [0.4, 0.5) is 11.4 Å². The van der Waals surface area contributed by atoms with Crippen LogP contribution in [0.15, 0.2) is 53.7 Å². The fourth-order valence-electron chi connectivity index (χ4n) is 3.20. The zero-order chi connectivity index (χ0) is 21.7. The first-order valence-electron chi connectivity index (χ1n) is 9.83. The van der Waals surface area contributed by atoms with E-state index in [9.17, 15) is 4.79 Å². The molecule has 6 nitrogen and oxygen atoms in total. The lowest BCUT2D eigenvalue weighted by atomic mass is 10.2. The first-order valence-corrected chi connectivity index (χ1v) is 11.2. The molecule has 0 radical (unpaired) electrons. The number of carbonyl (C=O) groups is 1. The van der Waals surface area contributed by atoms with E-state index < -0.39 is 0 Å². The van der Waals surface area contributed by atoms with Crippen LogP contribution in [0, 0.1) is 0 Å². The summed E-state index contributed by atoms with van der Waals surface area (Å²) in [6.07, 6.45) is 0. The maximum Gasteiger partial charge on any atom is 0.234 e. The van der Waals surface area contributed by atoms with Crippen LogP contribution in [-0.2, 0) is 11.8 Å². The highest BCUT2D eigenvalue weighted by Gasteiger charge is 2.13. The van der Waals surface area contributed by atoms with Gasteiger partial charge in [0, 0.05) is 41.6 Å². The maximum absolute atomic E-state index is 12.4. The largest absolute Gasteiger partial charge is 0.369 e. The predicted octanol–water partition coefficient (Wildman–Crippen LogP) is 5.10. The summed E-state index contributed by atoms with van der Waals surface area (Å²) < 4.78 is 1.88. The Balaban J connectivity index is 1.58. The topological polar surface area (TPSA) is 63.1 Å².